The van der Waals surface area contributed by atoms with Crippen LogP contribution in [0, 0.1) is 11.8 Å². The molecule has 0 aromatic rings. The molecule has 1 saturated heterocycles. The van der Waals surface area contributed by atoms with Crippen LogP contribution in [0.25, 0.3) is 0 Å². The van der Waals surface area contributed by atoms with Crippen LogP contribution in [0.2, 0.25) is 0 Å². The summed E-state index contributed by atoms with van der Waals surface area (Å²) < 4.78 is 0. The van der Waals surface area contributed by atoms with E-state index in [4.69, 9.17) is 5.73 Å². The van der Waals surface area contributed by atoms with Crippen molar-refractivity contribution in [3.63, 3.8) is 0 Å². The number of hydrogen-bond acceptors (Lipinski definition) is 2. The van der Waals surface area contributed by atoms with Crippen molar-refractivity contribution >= 4 is 5.91 Å². The third-order valence-electron chi connectivity index (χ3n) is 4.13. The monoisotopic (exact) mass is 254 g/mol. The molecule has 1 rings (SSSR count). The zero-order chi connectivity index (χ0) is 13.5. The number of amides is 1. The minimum atomic E-state index is 0.166. The van der Waals surface area contributed by atoms with Crippen molar-refractivity contribution in [3.05, 3.63) is 0 Å². The van der Waals surface area contributed by atoms with Gasteiger partial charge in [-0.15, -0.1) is 0 Å². The van der Waals surface area contributed by atoms with Gasteiger partial charge in [-0.1, -0.05) is 26.7 Å². The van der Waals surface area contributed by atoms with Crippen LogP contribution < -0.4 is 5.73 Å². The van der Waals surface area contributed by atoms with Crippen molar-refractivity contribution in [2.24, 2.45) is 17.6 Å². The van der Waals surface area contributed by atoms with Crippen molar-refractivity contribution in [3.8, 4) is 0 Å². The number of piperidine rings is 1. The fourth-order valence-corrected chi connectivity index (χ4v) is 2.78. The van der Waals surface area contributed by atoms with E-state index in [1.54, 1.807) is 0 Å². The normalized spacial score (nSPS) is 23.8. The largest absolute Gasteiger partial charge is 0.342 e. The number of hydrogen-bond donors (Lipinski definition) is 1. The number of nitrogens with zero attached hydrogens (tertiary/aromatic N) is 1. The first-order chi connectivity index (χ1) is 8.54. The lowest BCUT2D eigenvalue weighted by Gasteiger charge is -2.34. The van der Waals surface area contributed by atoms with E-state index in [9.17, 15) is 4.79 Å². The molecule has 0 saturated carbocycles. The molecule has 1 aliphatic rings. The highest BCUT2D eigenvalue weighted by molar-refractivity contribution is 5.78. The van der Waals surface area contributed by atoms with Gasteiger partial charge >= 0.3 is 0 Å². The molecule has 0 bridgehead atoms. The summed E-state index contributed by atoms with van der Waals surface area (Å²) in [5.74, 6) is 1.25. The Morgan fingerprint density at radius 3 is 2.72 bits per heavy atom. The van der Waals surface area contributed by atoms with Gasteiger partial charge in [0.1, 0.15) is 0 Å². The van der Waals surface area contributed by atoms with Gasteiger partial charge in [-0.2, -0.15) is 0 Å². The molecule has 0 aromatic carbocycles. The van der Waals surface area contributed by atoms with Gasteiger partial charge in [0.15, 0.2) is 0 Å². The van der Waals surface area contributed by atoms with Gasteiger partial charge in [-0.3, -0.25) is 4.79 Å². The second-order valence-electron chi connectivity index (χ2n) is 6.01. The smallest absolute Gasteiger partial charge is 0.225 e. The van der Waals surface area contributed by atoms with E-state index in [0.29, 0.717) is 5.91 Å². The summed E-state index contributed by atoms with van der Waals surface area (Å²) in [5.41, 5.74) is 5.74. The molecule has 3 heteroatoms. The third kappa shape index (κ3) is 4.97. The Balaban J connectivity index is 2.33. The van der Waals surface area contributed by atoms with Gasteiger partial charge in [0.2, 0.25) is 5.91 Å². The molecule has 3 unspecified atom stereocenters. The highest BCUT2D eigenvalue weighted by atomic mass is 16.2. The molecule has 1 fully saturated rings. The summed E-state index contributed by atoms with van der Waals surface area (Å²) in [7, 11) is 0. The minimum absolute atomic E-state index is 0.166. The molecule has 18 heavy (non-hydrogen) atoms. The van der Waals surface area contributed by atoms with Gasteiger partial charge in [0.25, 0.3) is 0 Å². The Kier molecular flexibility index (Phi) is 6.69. The fraction of sp³-hybridized carbons (Fsp3) is 0.933. The van der Waals surface area contributed by atoms with Gasteiger partial charge in [0, 0.05) is 25.0 Å². The van der Waals surface area contributed by atoms with Crippen molar-refractivity contribution in [2.45, 2.75) is 65.3 Å². The summed E-state index contributed by atoms with van der Waals surface area (Å²) >= 11 is 0. The number of carbonyl (C=O) groups is 1. The van der Waals surface area contributed by atoms with Crippen molar-refractivity contribution in [1.82, 2.24) is 4.90 Å². The lowest BCUT2D eigenvalue weighted by atomic mass is 9.93. The molecule has 0 spiro atoms. The fourth-order valence-electron chi connectivity index (χ4n) is 2.78. The number of likely N-dealkylation sites (tertiary alicyclic amines) is 1. The Bertz CT molecular complexity index is 253. The molecule has 106 valence electrons. The Hall–Kier alpha value is -0.570. The first-order valence-electron chi connectivity index (χ1n) is 7.59. The Morgan fingerprint density at radius 1 is 1.39 bits per heavy atom. The van der Waals surface area contributed by atoms with E-state index >= 15 is 0 Å². The van der Waals surface area contributed by atoms with Crippen molar-refractivity contribution in [2.75, 3.05) is 13.1 Å². The SMILES string of the molecule is CCC1CCCN(C(=O)C(C)CCCC(C)N)C1. The molecule has 3 atom stereocenters. The third-order valence-corrected chi connectivity index (χ3v) is 4.13. The summed E-state index contributed by atoms with van der Waals surface area (Å²) in [6.07, 6.45) is 6.73. The van der Waals surface area contributed by atoms with Crippen LogP contribution in [-0.2, 0) is 4.79 Å². The predicted octanol–water partition coefficient (Wildman–Crippen LogP) is 2.79. The van der Waals surface area contributed by atoms with Gasteiger partial charge in [0.05, 0.1) is 0 Å². The van der Waals surface area contributed by atoms with Gasteiger partial charge in [-0.25, -0.2) is 0 Å². The molecule has 1 heterocycles. The zero-order valence-electron chi connectivity index (χ0n) is 12.3. The van der Waals surface area contributed by atoms with Crippen molar-refractivity contribution in [1.29, 1.82) is 0 Å². The molecule has 0 aromatic heterocycles. The molecule has 3 nitrogen and oxygen atoms in total. The average molecular weight is 254 g/mol. The lowest BCUT2D eigenvalue weighted by Crippen LogP contribution is -2.42. The summed E-state index contributed by atoms with van der Waals surface area (Å²) in [6.45, 7) is 8.27. The predicted molar refractivity (Wildman–Crippen MR) is 76.3 cm³/mol. The van der Waals surface area contributed by atoms with Crippen LogP contribution in [0.5, 0.6) is 0 Å². The summed E-state index contributed by atoms with van der Waals surface area (Å²) in [5, 5.41) is 0. The molecular weight excluding hydrogens is 224 g/mol. The van der Waals surface area contributed by atoms with E-state index in [1.807, 2.05) is 6.92 Å². The molecule has 2 N–H and O–H groups in total. The van der Waals surface area contributed by atoms with E-state index in [0.717, 1.165) is 38.3 Å². The minimum Gasteiger partial charge on any atom is -0.342 e. The molecule has 1 amide bonds. The lowest BCUT2D eigenvalue weighted by molar-refractivity contribution is -0.137. The van der Waals surface area contributed by atoms with E-state index in [2.05, 4.69) is 18.7 Å². The number of rotatable bonds is 6. The highest BCUT2D eigenvalue weighted by Crippen LogP contribution is 2.22. The number of nitrogens with two attached hydrogens (primary N) is 1. The Morgan fingerprint density at radius 2 is 2.11 bits per heavy atom. The first-order valence-corrected chi connectivity index (χ1v) is 7.59. The maximum Gasteiger partial charge on any atom is 0.225 e. The van der Waals surface area contributed by atoms with E-state index in [1.165, 1.54) is 19.3 Å². The number of carbonyl (C=O) groups excluding carboxylic acids is 1. The average Bonchev–Trinajstić information content (AvgIpc) is 2.37. The quantitative estimate of drug-likeness (QED) is 0.792. The summed E-state index contributed by atoms with van der Waals surface area (Å²) in [4.78, 5) is 14.4. The van der Waals surface area contributed by atoms with Crippen LogP contribution in [0.3, 0.4) is 0 Å². The zero-order valence-corrected chi connectivity index (χ0v) is 12.3. The van der Waals surface area contributed by atoms with Gasteiger partial charge in [-0.05, 0) is 38.5 Å². The van der Waals surface area contributed by atoms with Crippen LogP contribution in [0.4, 0.5) is 0 Å². The topological polar surface area (TPSA) is 46.3 Å². The van der Waals surface area contributed by atoms with Gasteiger partial charge < -0.3 is 10.6 Å². The molecule has 0 radical (unpaired) electrons. The first kappa shape index (κ1) is 15.5. The second-order valence-corrected chi connectivity index (χ2v) is 6.01. The Labute approximate surface area is 112 Å². The standard InChI is InChI=1S/C15H30N2O/c1-4-14-9-6-10-17(11-14)15(18)12(2)7-5-8-13(3)16/h12-14H,4-11,16H2,1-3H3. The van der Waals surface area contributed by atoms with E-state index < -0.39 is 0 Å². The highest BCUT2D eigenvalue weighted by Gasteiger charge is 2.25. The maximum atomic E-state index is 12.3. The molecule has 1 aliphatic heterocycles. The molecular formula is C15H30N2O. The summed E-state index contributed by atoms with van der Waals surface area (Å²) in [6, 6.07) is 0.256. The van der Waals surface area contributed by atoms with Crippen molar-refractivity contribution < 1.29 is 4.79 Å². The van der Waals surface area contributed by atoms with Crippen LogP contribution in [0.1, 0.15) is 59.3 Å². The van der Waals surface area contributed by atoms with Crippen LogP contribution in [-0.4, -0.2) is 29.9 Å². The van der Waals surface area contributed by atoms with Crippen LogP contribution >= 0.6 is 0 Å². The maximum absolute atomic E-state index is 12.3. The second kappa shape index (κ2) is 7.78. The molecule has 0 aliphatic carbocycles. The van der Waals surface area contributed by atoms with E-state index in [-0.39, 0.29) is 12.0 Å². The van der Waals surface area contributed by atoms with Crippen LogP contribution in [0.15, 0.2) is 0 Å².